The molecular formula is C10H13ClN2O. The topological polar surface area (TPSA) is 36.4 Å². The van der Waals surface area contributed by atoms with E-state index in [1.54, 1.807) is 6.20 Å². The van der Waals surface area contributed by atoms with Crippen LogP contribution in [0.2, 0.25) is 0 Å². The molecule has 0 radical (unpaired) electrons. The number of hydrogen-bond donors (Lipinski definition) is 1. The van der Waals surface area contributed by atoms with E-state index in [0.29, 0.717) is 12.4 Å². The number of halogens is 1. The van der Waals surface area contributed by atoms with Gasteiger partial charge in [0, 0.05) is 24.8 Å². The third kappa shape index (κ3) is 1.83. The number of nitrogens with zero attached hydrogens (tertiary/aromatic N) is 2. The minimum atomic E-state index is -0.222. The van der Waals surface area contributed by atoms with Gasteiger partial charge >= 0.3 is 0 Å². The second-order valence-electron chi connectivity index (χ2n) is 3.51. The summed E-state index contributed by atoms with van der Waals surface area (Å²) in [4.78, 5) is 6.38. The number of pyridine rings is 1. The minimum absolute atomic E-state index is 0.222. The zero-order valence-electron chi connectivity index (χ0n) is 7.86. The van der Waals surface area contributed by atoms with Crippen LogP contribution < -0.4 is 4.90 Å². The number of rotatable bonds is 2. The second kappa shape index (κ2) is 4.15. The molecule has 2 heterocycles. The fourth-order valence-electron chi connectivity index (χ4n) is 1.75. The lowest BCUT2D eigenvalue weighted by atomic mass is 10.3. The predicted molar refractivity (Wildman–Crippen MR) is 56.6 cm³/mol. The van der Waals surface area contributed by atoms with E-state index in [2.05, 4.69) is 9.88 Å². The molecule has 0 spiro atoms. The first-order valence-corrected chi connectivity index (χ1v) is 5.27. The highest BCUT2D eigenvalue weighted by Crippen LogP contribution is 2.23. The Morgan fingerprint density at radius 2 is 2.50 bits per heavy atom. The Morgan fingerprint density at radius 3 is 3.14 bits per heavy atom. The van der Waals surface area contributed by atoms with Crippen LogP contribution in [-0.2, 0) is 5.88 Å². The van der Waals surface area contributed by atoms with Crippen LogP contribution in [0.5, 0.6) is 0 Å². The largest absolute Gasteiger partial charge is 0.391 e. The van der Waals surface area contributed by atoms with Gasteiger partial charge in [-0.05, 0) is 12.5 Å². The highest BCUT2D eigenvalue weighted by Gasteiger charge is 2.22. The van der Waals surface area contributed by atoms with Gasteiger partial charge in [0.15, 0.2) is 0 Å². The molecular weight excluding hydrogens is 200 g/mol. The van der Waals surface area contributed by atoms with Crippen LogP contribution in [0.25, 0.3) is 0 Å². The van der Waals surface area contributed by atoms with Crippen molar-refractivity contribution in [1.29, 1.82) is 0 Å². The molecule has 1 unspecified atom stereocenters. The summed E-state index contributed by atoms with van der Waals surface area (Å²) in [5.41, 5.74) is 1.03. The van der Waals surface area contributed by atoms with E-state index >= 15 is 0 Å². The molecule has 2 rings (SSSR count). The lowest BCUT2D eigenvalue weighted by Gasteiger charge is -2.18. The lowest BCUT2D eigenvalue weighted by molar-refractivity contribution is 0.198. The van der Waals surface area contributed by atoms with Crippen molar-refractivity contribution >= 4 is 17.4 Å². The van der Waals surface area contributed by atoms with E-state index in [9.17, 15) is 5.11 Å². The van der Waals surface area contributed by atoms with Gasteiger partial charge in [-0.3, -0.25) is 0 Å². The number of aromatic nitrogens is 1. The third-order valence-electron chi connectivity index (χ3n) is 2.47. The predicted octanol–water partition coefficient (Wildman–Crippen LogP) is 1.39. The molecule has 1 atom stereocenters. The van der Waals surface area contributed by atoms with E-state index < -0.39 is 0 Å². The normalized spacial score (nSPS) is 21.6. The van der Waals surface area contributed by atoms with Crippen molar-refractivity contribution in [3.8, 4) is 0 Å². The quantitative estimate of drug-likeness (QED) is 0.753. The first-order chi connectivity index (χ1) is 6.81. The van der Waals surface area contributed by atoms with E-state index in [1.165, 1.54) is 0 Å². The summed E-state index contributed by atoms with van der Waals surface area (Å²) in [7, 11) is 0. The molecule has 1 saturated heterocycles. The van der Waals surface area contributed by atoms with Gasteiger partial charge in [-0.2, -0.15) is 0 Å². The minimum Gasteiger partial charge on any atom is -0.391 e. The Hall–Kier alpha value is -0.800. The van der Waals surface area contributed by atoms with Crippen molar-refractivity contribution in [3.63, 3.8) is 0 Å². The first kappa shape index (κ1) is 9.74. The fourth-order valence-corrected chi connectivity index (χ4v) is 1.96. The van der Waals surface area contributed by atoms with E-state index in [0.717, 1.165) is 24.3 Å². The van der Waals surface area contributed by atoms with Gasteiger partial charge in [-0.1, -0.05) is 6.07 Å². The molecule has 0 bridgehead atoms. The monoisotopic (exact) mass is 212 g/mol. The Bertz CT molecular complexity index is 319. The zero-order valence-corrected chi connectivity index (χ0v) is 8.61. The maximum atomic E-state index is 9.42. The van der Waals surface area contributed by atoms with E-state index in [-0.39, 0.29) is 6.10 Å². The molecule has 4 heteroatoms. The molecule has 3 nitrogen and oxygen atoms in total. The number of alkyl halides is 1. The van der Waals surface area contributed by atoms with Gasteiger partial charge in [0.05, 0.1) is 12.0 Å². The summed E-state index contributed by atoms with van der Waals surface area (Å²) < 4.78 is 0. The van der Waals surface area contributed by atoms with Crippen molar-refractivity contribution in [1.82, 2.24) is 4.98 Å². The van der Waals surface area contributed by atoms with Crippen LogP contribution in [0.1, 0.15) is 12.0 Å². The average Bonchev–Trinajstić information content (AvgIpc) is 2.65. The number of anilines is 1. The van der Waals surface area contributed by atoms with Crippen LogP contribution in [-0.4, -0.2) is 29.3 Å². The molecule has 0 saturated carbocycles. The van der Waals surface area contributed by atoms with Crippen LogP contribution >= 0.6 is 11.6 Å². The van der Waals surface area contributed by atoms with Crippen molar-refractivity contribution < 1.29 is 5.11 Å². The van der Waals surface area contributed by atoms with Crippen LogP contribution in [0.3, 0.4) is 0 Å². The third-order valence-corrected chi connectivity index (χ3v) is 2.76. The Morgan fingerprint density at radius 1 is 1.64 bits per heavy atom. The Balaban J connectivity index is 2.22. The lowest BCUT2D eigenvalue weighted by Crippen LogP contribution is -2.23. The van der Waals surface area contributed by atoms with Crippen molar-refractivity contribution in [2.24, 2.45) is 0 Å². The Labute approximate surface area is 88.3 Å². The molecule has 1 aromatic heterocycles. The van der Waals surface area contributed by atoms with Gasteiger partial charge in [0.2, 0.25) is 0 Å². The van der Waals surface area contributed by atoms with Crippen molar-refractivity contribution in [3.05, 3.63) is 23.9 Å². The number of hydrogen-bond acceptors (Lipinski definition) is 3. The summed E-state index contributed by atoms with van der Waals surface area (Å²) in [6.45, 7) is 1.53. The summed E-state index contributed by atoms with van der Waals surface area (Å²) in [5.74, 6) is 1.38. The van der Waals surface area contributed by atoms with E-state index in [1.807, 2.05) is 12.1 Å². The average molecular weight is 213 g/mol. The Kier molecular flexibility index (Phi) is 2.89. The van der Waals surface area contributed by atoms with Gasteiger partial charge in [-0.15, -0.1) is 11.6 Å². The highest BCUT2D eigenvalue weighted by molar-refractivity contribution is 6.17. The summed E-state index contributed by atoms with van der Waals surface area (Å²) in [5, 5.41) is 9.42. The van der Waals surface area contributed by atoms with Gasteiger partial charge in [0.25, 0.3) is 0 Å². The molecule has 14 heavy (non-hydrogen) atoms. The number of aliphatic hydroxyl groups excluding tert-OH is 1. The smallest absolute Gasteiger partial charge is 0.133 e. The molecule has 1 aromatic rings. The molecule has 0 amide bonds. The molecule has 1 fully saturated rings. The SMILES string of the molecule is OC1CCN(c2ncccc2CCl)C1. The van der Waals surface area contributed by atoms with Crippen LogP contribution in [0.15, 0.2) is 18.3 Å². The summed E-state index contributed by atoms with van der Waals surface area (Å²) in [6, 6.07) is 3.85. The molecule has 1 aliphatic rings. The highest BCUT2D eigenvalue weighted by atomic mass is 35.5. The molecule has 1 aliphatic heterocycles. The fraction of sp³-hybridized carbons (Fsp3) is 0.500. The standard InChI is InChI=1S/C10H13ClN2O/c11-6-8-2-1-4-12-10(8)13-5-3-9(14)7-13/h1-2,4,9,14H,3,5-7H2. The van der Waals surface area contributed by atoms with Crippen molar-refractivity contribution in [2.45, 2.75) is 18.4 Å². The zero-order chi connectivity index (χ0) is 9.97. The van der Waals surface area contributed by atoms with Gasteiger partial charge in [-0.25, -0.2) is 4.98 Å². The molecule has 0 aliphatic carbocycles. The summed E-state index contributed by atoms with van der Waals surface area (Å²) >= 11 is 5.82. The van der Waals surface area contributed by atoms with E-state index in [4.69, 9.17) is 11.6 Å². The van der Waals surface area contributed by atoms with Gasteiger partial charge in [0.1, 0.15) is 5.82 Å². The first-order valence-electron chi connectivity index (χ1n) is 4.74. The second-order valence-corrected chi connectivity index (χ2v) is 3.78. The number of aliphatic hydroxyl groups is 1. The summed E-state index contributed by atoms with van der Waals surface area (Å²) in [6.07, 6.45) is 2.36. The molecule has 0 aromatic carbocycles. The maximum Gasteiger partial charge on any atom is 0.133 e. The van der Waals surface area contributed by atoms with Crippen LogP contribution in [0, 0.1) is 0 Å². The number of β-amino-alcohol motifs (C(OH)–C–C–N with tert-alkyl or cyclic N) is 1. The maximum absolute atomic E-state index is 9.42. The molecule has 1 N–H and O–H groups in total. The van der Waals surface area contributed by atoms with Crippen molar-refractivity contribution in [2.75, 3.05) is 18.0 Å². The van der Waals surface area contributed by atoms with Crippen LogP contribution in [0.4, 0.5) is 5.82 Å². The molecule has 76 valence electrons. The van der Waals surface area contributed by atoms with Gasteiger partial charge < -0.3 is 10.0 Å².